The van der Waals surface area contributed by atoms with E-state index in [1.54, 1.807) is 19.1 Å². The van der Waals surface area contributed by atoms with Crippen molar-refractivity contribution in [2.24, 2.45) is 0 Å². The summed E-state index contributed by atoms with van der Waals surface area (Å²) in [7, 11) is 0. The van der Waals surface area contributed by atoms with Crippen molar-refractivity contribution in [1.82, 2.24) is 4.98 Å². The molecule has 22 heavy (non-hydrogen) atoms. The molecule has 9 heteroatoms. The molecule has 1 atom stereocenters. The minimum Gasteiger partial charge on any atom is -0.439 e. The highest BCUT2D eigenvalue weighted by molar-refractivity contribution is 7.95. The Morgan fingerprint density at radius 1 is 1.36 bits per heavy atom. The van der Waals surface area contributed by atoms with Gasteiger partial charge in [-0.05, 0) is 29.4 Å². The summed E-state index contributed by atoms with van der Waals surface area (Å²) in [5.74, 6) is 0.509. The van der Waals surface area contributed by atoms with Crippen molar-refractivity contribution in [3.05, 3.63) is 51.7 Å². The molecule has 2 rings (SSSR count). The minimum absolute atomic E-state index is 0.0341. The Labute approximate surface area is 136 Å². The lowest BCUT2D eigenvalue weighted by Crippen LogP contribution is -2.10. The van der Waals surface area contributed by atoms with Crippen LogP contribution < -0.4 is 10.0 Å². The van der Waals surface area contributed by atoms with Gasteiger partial charge in [0.2, 0.25) is 12.4 Å². The Hall–Kier alpha value is -1.62. The fourth-order valence-corrected chi connectivity index (χ4v) is 3.38. The van der Waals surface area contributed by atoms with Crippen LogP contribution in [0.2, 0.25) is 5.02 Å². The molecule has 1 aromatic carbocycles. The zero-order valence-electron chi connectivity index (χ0n) is 11.4. The van der Waals surface area contributed by atoms with Gasteiger partial charge in [-0.2, -0.15) is 0 Å². The topological polar surface area (TPSA) is 82.3 Å². The lowest BCUT2D eigenvalue weighted by Gasteiger charge is -2.11. The second-order valence-corrected chi connectivity index (χ2v) is 8.78. The molecule has 0 radical (unpaired) electrons. The highest BCUT2D eigenvalue weighted by Gasteiger charge is 2.29. The summed E-state index contributed by atoms with van der Waals surface area (Å²) in [5.41, 5.74) is -0.295. The summed E-state index contributed by atoms with van der Waals surface area (Å²) >= 11 is 11.7. The number of benzene rings is 1. The van der Waals surface area contributed by atoms with E-state index in [-0.39, 0.29) is 28.8 Å². The Morgan fingerprint density at radius 3 is 2.64 bits per heavy atom. The molecule has 0 saturated carbocycles. The standard InChI is InChI=1S/C13H11Cl2N2O4P/c1-2-22(15,20)12-7-10(4-5-11(12)17(18)19)21-13-6-3-9(14)8-16-13/h3-8H,2H2,1H3. The quantitative estimate of drug-likeness (QED) is 0.442. The SMILES string of the molecule is CCP(=O)(Cl)c1cc(Oc2ccc(Cl)cn2)ccc1[N+](=O)[O-]. The molecule has 0 fully saturated rings. The normalized spacial score (nSPS) is 13.4. The average Bonchev–Trinajstić information content (AvgIpc) is 2.49. The van der Waals surface area contributed by atoms with Crippen molar-refractivity contribution in [1.29, 1.82) is 0 Å². The van der Waals surface area contributed by atoms with E-state index < -0.39 is 11.4 Å². The third-order valence-corrected chi connectivity index (χ3v) is 6.21. The molecule has 0 aliphatic heterocycles. The fraction of sp³-hybridized carbons (Fsp3) is 0.154. The van der Waals surface area contributed by atoms with Crippen molar-refractivity contribution in [2.75, 3.05) is 6.16 Å². The number of hydrogen-bond donors (Lipinski definition) is 0. The molecule has 1 aromatic heterocycles. The van der Waals surface area contributed by atoms with Crippen molar-refractivity contribution in [3.63, 3.8) is 0 Å². The number of aromatic nitrogens is 1. The predicted octanol–water partition coefficient (Wildman–Crippen LogP) is 4.60. The van der Waals surface area contributed by atoms with Crippen LogP contribution in [0.5, 0.6) is 11.6 Å². The summed E-state index contributed by atoms with van der Waals surface area (Å²) in [6.07, 6.45) is 1.50. The van der Waals surface area contributed by atoms with Gasteiger partial charge in [-0.3, -0.25) is 10.1 Å². The van der Waals surface area contributed by atoms with Gasteiger partial charge in [-0.1, -0.05) is 18.5 Å². The van der Waals surface area contributed by atoms with Gasteiger partial charge in [0.05, 0.1) is 9.95 Å². The first-order chi connectivity index (χ1) is 10.3. The molecule has 0 aliphatic rings. The second-order valence-electron chi connectivity index (χ2n) is 4.29. The van der Waals surface area contributed by atoms with Crippen LogP contribution in [0.25, 0.3) is 0 Å². The van der Waals surface area contributed by atoms with Gasteiger partial charge in [0.15, 0.2) is 0 Å². The molecule has 6 nitrogen and oxygen atoms in total. The Morgan fingerprint density at radius 2 is 2.09 bits per heavy atom. The molecule has 0 aliphatic carbocycles. The summed E-state index contributed by atoms with van der Waals surface area (Å²) in [5, 5.41) is 11.5. The summed E-state index contributed by atoms with van der Waals surface area (Å²) < 4.78 is 17.8. The lowest BCUT2D eigenvalue weighted by atomic mass is 10.3. The monoisotopic (exact) mass is 360 g/mol. The zero-order chi connectivity index (χ0) is 16.3. The maximum Gasteiger partial charge on any atom is 0.281 e. The van der Waals surface area contributed by atoms with Crippen LogP contribution in [0.3, 0.4) is 0 Å². The first-order valence-corrected chi connectivity index (χ1v) is 9.38. The minimum atomic E-state index is -3.35. The maximum atomic E-state index is 12.3. The van der Waals surface area contributed by atoms with Gasteiger partial charge in [0.1, 0.15) is 11.1 Å². The molecule has 1 unspecified atom stereocenters. The third kappa shape index (κ3) is 3.77. The number of pyridine rings is 1. The number of nitrogens with zero attached hydrogens (tertiary/aromatic N) is 2. The van der Waals surface area contributed by atoms with Crippen molar-refractivity contribution in [3.8, 4) is 11.6 Å². The van der Waals surface area contributed by atoms with Crippen LogP contribution >= 0.6 is 29.3 Å². The van der Waals surface area contributed by atoms with E-state index in [9.17, 15) is 14.7 Å². The molecule has 0 bridgehead atoms. The molecule has 116 valence electrons. The van der Waals surface area contributed by atoms with Crippen LogP contribution in [0.1, 0.15) is 6.92 Å². The van der Waals surface area contributed by atoms with E-state index in [0.29, 0.717) is 5.02 Å². The van der Waals surface area contributed by atoms with E-state index in [1.165, 1.54) is 24.4 Å². The van der Waals surface area contributed by atoms with Crippen LogP contribution in [0.15, 0.2) is 36.5 Å². The average molecular weight is 361 g/mol. The summed E-state index contributed by atoms with van der Waals surface area (Å²) in [6.45, 7) is -1.74. The Balaban J connectivity index is 2.42. The molecular weight excluding hydrogens is 350 g/mol. The van der Waals surface area contributed by atoms with E-state index in [2.05, 4.69) is 4.98 Å². The van der Waals surface area contributed by atoms with Crippen molar-refractivity contribution < 1.29 is 14.2 Å². The van der Waals surface area contributed by atoms with E-state index in [4.69, 9.17) is 27.6 Å². The first kappa shape index (κ1) is 16.7. The molecule has 0 N–H and O–H groups in total. The smallest absolute Gasteiger partial charge is 0.281 e. The first-order valence-electron chi connectivity index (χ1n) is 6.20. The van der Waals surface area contributed by atoms with Gasteiger partial charge >= 0.3 is 0 Å². The number of nitro groups is 1. The second kappa shape index (κ2) is 6.65. The molecule has 1 heterocycles. The third-order valence-electron chi connectivity index (χ3n) is 2.83. The van der Waals surface area contributed by atoms with Gasteiger partial charge in [0, 0.05) is 24.5 Å². The van der Waals surface area contributed by atoms with Gasteiger partial charge < -0.3 is 9.30 Å². The number of ether oxygens (including phenoxy) is 1. The largest absolute Gasteiger partial charge is 0.439 e. The number of halogens is 2. The summed E-state index contributed by atoms with van der Waals surface area (Å²) in [6, 6.07) is 7.06. The van der Waals surface area contributed by atoms with Gasteiger partial charge in [-0.15, -0.1) is 0 Å². The molecule has 2 aromatic rings. The van der Waals surface area contributed by atoms with E-state index >= 15 is 0 Å². The highest BCUT2D eigenvalue weighted by Crippen LogP contribution is 2.52. The van der Waals surface area contributed by atoms with Gasteiger partial charge in [0.25, 0.3) is 5.69 Å². The molecule has 0 spiro atoms. The van der Waals surface area contributed by atoms with Gasteiger partial charge in [-0.25, -0.2) is 4.98 Å². The van der Waals surface area contributed by atoms with Crippen LogP contribution in [-0.4, -0.2) is 16.1 Å². The number of rotatable bonds is 5. The predicted molar refractivity (Wildman–Crippen MR) is 86.1 cm³/mol. The zero-order valence-corrected chi connectivity index (χ0v) is 13.8. The van der Waals surface area contributed by atoms with Crippen molar-refractivity contribution >= 4 is 40.3 Å². The molecule has 0 amide bonds. The molecular formula is C13H11Cl2N2O4P. The number of hydrogen-bond acceptors (Lipinski definition) is 5. The maximum absolute atomic E-state index is 12.3. The lowest BCUT2D eigenvalue weighted by molar-refractivity contribution is -0.383. The highest BCUT2D eigenvalue weighted by atomic mass is 35.7. The Bertz CT molecular complexity index is 752. The van der Waals surface area contributed by atoms with Crippen LogP contribution in [-0.2, 0) is 4.57 Å². The van der Waals surface area contributed by atoms with E-state index in [1.807, 2.05) is 0 Å². The van der Waals surface area contributed by atoms with Crippen molar-refractivity contribution in [2.45, 2.75) is 6.92 Å². The van der Waals surface area contributed by atoms with Crippen LogP contribution in [0, 0.1) is 10.1 Å². The molecule has 0 saturated heterocycles. The number of nitro benzene ring substituents is 1. The van der Waals surface area contributed by atoms with E-state index in [0.717, 1.165) is 0 Å². The summed E-state index contributed by atoms with van der Waals surface area (Å²) in [4.78, 5) is 14.4. The van der Waals surface area contributed by atoms with Crippen LogP contribution in [0.4, 0.5) is 5.69 Å². The Kier molecular flexibility index (Phi) is 5.06. The fourth-order valence-electron chi connectivity index (χ4n) is 1.70.